The molecule has 0 amide bonds. The molecule has 1 heterocycles. The fourth-order valence-electron chi connectivity index (χ4n) is 2.94. The van der Waals surface area contributed by atoms with E-state index in [0.717, 1.165) is 25.7 Å². The molecule has 3 N–H and O–H groups in total. The first-order valence-electron chi connectivity index (χ1n) is 6.82. The fraction of sp³-hybridized carbons (Fsp3) is 0.750. The average molecular weight is 286 g/mol. The van der Waals surface area contributed by atoms with E-state index in [4.69, 9.17) is 5.73 Å². The SMILES string of the molecule is CCN(C1CCCCC1CN)S(=O)(=O)c1cn[nH]c1. The molecule has 0 spiro atoms. The number of nitrogens with zero attached hydrogens (tertiary/aromatic N) is 2. The Labute approximate surface area is 114 Å². The maximum atomic E-state index is 12.6. The number of H-pyrrole nitrogens is 1. The summed E-state index contributed by atoms with van der Waals surface area (Å²) in [4.78, 5) is 0.232. The van der Waals surface area contributed by atoms with Gasteiger partial charge in [-0.05, 0) is 25.3 Å². The van der Waals surface area contributed by atoms with Crippen molar-refractivity contribution in [2.45, 2.75) is 43.5 Å². The van der Waals surface area contributed by atoms with Crippen LogP contribution in [0.5, 0.6) is 0 Å². The maximum Gasteiger partial charge on any atom is 0.246 e. The van der Waals surface area contributed by atoms with E-state index < -0.39 is 10.0 Å². The van der Waals surface area contributed by atoms with Gasteiger partial charge in [0.25, 0.3) is 0 Å². The summed E-state index contributed by atoms with van der Waals surface area (Å²) in [5.74, 6) is 0.260. The largest absolute Gasteiger partial charge is 0.330 e. The lowest BCUT2D eigenvalue weighted by Crippen LogP contribution is -2.47. The summed E-state index contributed by atoms with van der Waals surface area (Å²) in [6.07, 6.45) is 6.90. The molecule has 1 saturated carbocycles. The van der Waals surface area contributed by atoms with Gasteiger partial charge in [0, 0.05) is 18.8 Å². The van der Waals surface area contributed by atoms with E-state index >= 15 is 0 Å². The van der Waals surface area contributed by atoms with E-state index in [1.807, 2.05) is 6.92 Å². The van der Waals surface area contributed by atoms with Gasteiger partial charge in [-0.2, -0.15) is 9.40 Å². The summed E-state index contributed by atoms with van der Waals surface area (Å²) >= 11 is 0. The zero-order valence-corrected chi connectivity index (χ0v) is 12.1. The van der Waals surface area contributed by atoms with Gasteiger partial charge in [-0.25, -0.2) is 8.42 Å². The quantitative estimate of drug-likeness (QED) is 0.842. The van der Waals surface area contributed by atoms with Crippen molar-refractivity contribution >= 4 is 10.0 Å². The third-order valence-corrected chi connectivity index (χ3v) is 5.90. The highest BCUT2D eigenvalue weighted by molar-refractivity contribution is 7.89. The standard InChI is InChI=1S/C12H22N4O2S/c1-2-16(12-6-4-3-5-10(12)7-13)19(17,18)11-8-14-15-9-11/h8-10,12H,2-7,13H2,1H3,(H,14,15). The minimum absolute atomic E-state index is 0.0173. The summed E-state index contributed by atoms with van der Waals surface area (Å²) < 4.78 is 26.8. The van der Waals surface area contributed by atoms with Gasteiger partial charge in [-0.15, -0.1) is 0 Å². The molecular formula is C12H22N4O2S. The van der Waals surface area contributed by atoms with Crippen LogP contribution in [0.25, 0.3) is 0 Å². The Morgan fingerprint density at radius 1 is 1.47 bits per heavy atom. The first-order chi connectivity index (χ1) is 9.11. The van der Waals surface area contributed by atoms with Crippen LogP contribution in [-0.4, -0.2) is 42.1 Å². The van der Waals surface area contributed by atoms with Crippen LogP contribution in [0.1, 0.15) is 32.6 Å². The lowest BCUT2D eigenvalue weighted by atomic mass is 9.84. The van der Waals surface area contributed by atoms with Gasteiger partial charge in [-0.1, -0.05) is 19.8 Å². The summed E-state index contributed by atoms with van der Waals surface area (Å²) in [7, 11) is -3.47. The van der Waals surface area contributed by atoms with Crippen LogP contribution in [0.4, 0.5) is 0 Å². The zero-order chi connectivity index (χ0) is 13.9. The molecule has 0 aromatic carbocycles. The van der Waals surface area contributed by atoms with Crippen molar-refractivity contribution in [3.8, 4) is 0 Å². The lowest BCUT2D eigenvalue weighted by Gasteiger charge is -2.38. The van der Waals surface area contributed by atoms with Crippen LogP contribution in [-0.2, 0) is 10.0 Å². The number of aromatic nitrogens is 2. The Balaban J connectivity index is 2.28. The molecule has 2 unspecified atom stereocenters. The highest BCUT2D eigenvalue weighted by Crippen LogP contribution is 2.31. The van der Waals surface area contributed by atoms with Crippen molar-refractivity contribution in [3.63, 3.8) is 0 Å². The smallest absolute Gasteiger partial charge is 0.246 e. The Morgan fingerprint density at radius 3 is 2.79 bits per heavy atom. The van der Waals surface area contributed by atoms with E-state index in [9.17, 15) is 8.42 Å². The second-order valence-corrected chi connectivity index (χ2v) is 6.88. The summed E-state index contributed by atoms with van der Waals surface area (Å²) in [5.41, 5.74) is 5.81. The monoisotopic (exact) mass is 286 g/mol. The summed E-state index contributed by atoms with van der Waals surface area (Å²) in [5, 5.41) is 6.30. The molecule has 1 fully saturated rings. The first-order valence-corrected chi connectivity index (χ1v) is 8.26. The molecule has 1 aliphatic rings. The van der Waals surface area contributed by atoms with Gasteiger partial charge >= 0.3 is 0 Å². The molecule has 2 atom stereocenters. The predicted octanol–water partition coefficient (Wildman–Crippen LogP) is 0.938. The summed E-state index contributed by atoms with van der Waals surface area (Å²) in [6.45, 7) is 2.89. The lowest BCUT2D eigenvalue weighted by molar-refractivity contribution is 0.187. The van der Waals surface area contributed by atoms with Crippen molar-refractivity contribution < 1.29 is 8.42 Å². The Kier molecular flexibility index (Phi) is 4.59. The van der Waals surface area contributed by atoms with Crippen LogP contribution < -0.4 is 5.73 Å². The Hall–Kier alpha value is -0.920. The van der Waals surface area contributed by atoms with E-state index in [0.29, 0.717) is 13.1 Å². The predicted molar refractivity (Wildman–Crippen MR) is 73.0 cm³/mol. The molecule has 0 saturated heterocycles. The molecule has 1 aromatic heterocycles. The molecular weight excluding hydrogens is 264 g/mol. The van der Waals surface area contributed by atoms with Crippen molar-refractivity contribution in [1.82, 2.24) is 14.5 Å². The van der Waals surface area contributed by atoms with Crippen LogP contribution in [0.2, 0.25) is 0 Å². The summed E-state index contributed by atoms with van der Waals surface area (Å²) in [6, 6.07) is 0.0173. The second-order valence-electron chi connectivity index (χ2n) is 4.99. The van der Waals surface area contributed by atoms with Gasteiger partial charge in [0.15, 0.2) is 0 Å². The Bertz CT molecular complexity index is 486. The molecule has 0 aliphatic heterocycles. The third kappa shape index (κ3) is 2.82. The Morgan fingerprint density at radius 2 is 2.21 bits per heavy atom. The van der Waals surface area contributed by atoms with E-state index in [2.05, 4.69) is 10.2 Å². The van der Waals surface area contributed by atoms with Gasteiger partial charge in [-0.3, -0.25) is 5.10 Å². The zero-order valence-electron chi connectivity index (χ0n) is 11.2. The first kappa shape index (κ1) is 14.5. The molecule has 1 aliphatic carbocycles. The normalized spacial score (nSPS) is 24.8. The molecule has 0 bridgehead atoms. The van der Waals surface area contributed by atoms with Crippen LogP contribution in [0, 0.1) is 5.92 Å². The molecule has 6 nitrogen and oxygen atoms in total. The molecule has 2 rings (SSSR count). The number of rotatable bonds is 5. The fourth-order valence-corrected chi connectivity index (χ4v) is 4.57. The van der Waals surface area contributed by atoms with Crippen LogP contribution in [0.15, 0.2) is 17.3 Å². The number of nitrogens with two attached hydrogens (primary N) is 1. The number of nitrogens with one attached hydrogen (secondary N) is 1. The van der Waals surface area contributed by atoms with E-state index in [1.54, 1.807) is 4.31 Å². The molecule has 0 radical (unpaired) electrons. The number of hydrogen-bond acceptors (Lipinski definition) is 4. The number of hydrogen-bond donors (Lipinski definition) is 2. The van der Waals surface area contributed by atoms with Crippen molar-refractivity contribution in [2.24, 2.45) is 11.7 Å². The molecule has 19 heavy (non-hydrogen) atoms. The minimum Gasteiger partial charge on any atom is -0.330 e. The van der Waals surface area contributed by atoms with Crippen molar-refractivity contribution in [3.05, 3.63) is 12.4 Å². The highest BCUT2D eigenvalue weighted by atomic mass is 32.2. The minimum atomic E-state index is -3.47. The third-order valence-electron chi connectivity index (χ3n) is 3.93. The van der Waals surface area contributed by atoms with Gasteiger partial charge in [0.1, 0.15) is 4.90 Å². The van der Waals surface area contributed by atoms with E-state index in [1.165, 1.54) is 12.4 Å². The van der Waals surface area contributed by atoms with Crippen molar-refractivity contribution in [2.75, 3.05) is 13.1 Å². The number of aromatic amines is 1. The van der Waals surface area contributed by atoms with Gasteiger partial charge < -0.3 is 5.73 Å². The second kappa shape index (κ2) is 6.02. The van der Waals surface area contributed by atoms with Gasteiger partial charge in [0.05, 0.1) is 6.20 Å². The highest BCUT2D eigenvalue weighted by Gasteiger charge is 2.36. The van der Waals surface area contributed by atoms with Crippen LogP contribution in [0.3, 0.4) is 0 Å². The van der Waals surface area contributed by atoms with Crippen LogP contribution >= 0.6 is 0 Å². The molecule has 7 heteroatoms. The molecule has 108 valence electrons. The molecule has 1 aromatic rings. The topological polar surface area (TPSA) is 92.1 Å². The van der Waals surface area contributed by atoms with Crippen molar-refractivity contribution in [1.29, 1.82) is 0 Å². The maximum absolute atomic E-state index is 12.6. The van der Waals surface area contributed by atoms with Gasteiger partial charge in [0.2, 0.25) is 10.0 Å². The average Bonchev–Trinajstić information content (AvgIpc) is 2.94. The van der Waals surface area contributed by atoms with E-state index in [-0.39, 0.29) is 16.9 Å². The number of sulfonamides is 1.